The molecule has 0 bridgehead atoms. The van der Waals surface area contributed by atoms with Gasteiger partial charge in [0, 0.05) is 0 Å². The van der Waals surface area contributed by atoms with Crippen LogP contribution >= 0.6 is 12.2 Å². The van der Waals surface area contributed by atoms with Crippen LogP contribution in [0.4, 0.5) is 10.1 Å². The Morgan fingerprint density at radius 2 is 1.82 bits per heavy atom. The summed E-state index contributed by atoms with van der Waals surface area (Å²) in [4.78, 5) is 0. The topological polar surface area (TPSA) is 45.6 Å². The number of ether oxygens (including phenoxy) is 1. The summed E-state index contributed by atoms with van der Waals surface area (Å²) in [6.07, 6.45) is 0. The predicted octanol–water partition coefficient (Wildman–Crippen LogP) is 3.54. The summed E-state index contributed by atoms with van der Waals surface area (Å²) in [6, 6.07) is 13.8. The number of nitrogens with zero attached hydrogens (tertiary/aromatic N) is 1. The van der Waals surface area contributed by atoms with Gasteiger partial charge in [0.2, 0.25) is 0 Å². The molecule has 4 nitrogen and oxygen atoms in total. The lowest BCUT2D eigenvalue weighted by molar-refractivity contribution is 0.415. The molecule has 2 aromatic rings. The number of nitrogens with one attached hydrogen (secondary N) is 2. The molecule has 114 valence electrons. The van der Waals surface area contributed by atoms with Crippen LogP contribution in [0.1, 0.15) is 12.5 Å². The predicted molar refractivity (Wildman–Crippen MR) is 91.0 cm³/mol. The Morgan fingerprint density at radius 1 is 1.14 bits per heavy atom. The summed E-state index contributed by atoms with van der Waals surface area (Å²) in [7, 11) is 1.62. The molecule has 2 rings (SSSR count). The molecule has 0 unspecified atom stereocenters. The van der Waals surface area contributed by atoms with E-state index in [1.165, 1.54) is 6.07 Å². The zero-order chi connectivity index (χ0) is 15.9. The lowest BCUT2D eigenvalue weighted by Gasteiger charge is -2.09. The van der Waals surface area contributed by atoms with Crippen molar-refractivity contribution in [1.82, 2.24) is 5.43 Å². The molecule has 2 N–H and O–H groups in total. The molecular formula is C16H16FN3OS. The SMILES string of the molecule is COc1ccc(/C(C)=N/NC(=S)Nc2ccccc2F)cc1. The molecule has 0 heterocycles. The lowest BCUT2D eigenvalue weighted by Crippen LogP contribution is -2.25. The summed E-state index contributed by atoms with van der Waals surface area (Å²) in [5.41, 5.74) is 4.68. The van der Waals surface area contributed by atoms with E-state index in [-0.39, 0.29) is 10.9 Å². The normalized spacial score (nSPS) is 11.0. The lowest BCUT2D eigenvalue weighted by atomic mass is 10.1. The number of benzene rings is 2. The maximum Gasteiger partial charge on any atom is 0.191 e. The first kappa shape index (κ1) is 15.9. The largest absolute Gasteiger partial charge is 0.497 e. The van der Waals surface area contributed by atoms with Crippen molar-refractivity contribution in [2.45, 2.75) is 6.92 Å². The third kappa shape index (κ3) is 4.26. The van der Waals surface area contributed by atoms with Crippen molar-refractivity contribution >= 4 is 28.7 Å². The molecule has 0 fully saturated rings. The van der Waals surface area contributed by atoms with Crippen LogP contribution in [0.3, 0.4) is 0 Å². The van der Waals surface area contributed by atoms with Gasteiger partial charge in [0.1, 0.15) is 11.6 Å². The van der Waals surface area contributed by atoms with Gasteiger partial charge in [-0.3, -0.25) is 5.43 Å². The minimum atomic E-state index is -0.373. The van der Waals surface area contributed by atoms with E-state index in [2.05, 4.69) is 15.8 Å². The molecule has 0 radical (unpaired) electrons. The first-order valence-corrected chi connectivity index (χ1v) is 7.01. The number of halogens is 1. The van der Waals surface area contributed by atoms with E-state index in [4.69, 9.17) is 17.0 Å². The molecule has 6 heteroatoms. The van der Waals surface area contributed by atoms with Crippen LogP contribution in [0.5, 0.6) is 5.75 Å². The van der Waals surface area contributed by atoms with E-state index in [0.29, 0.717) is 5.69 Å². The highest BCUT2D eigenvalue weighted by molar-refractivity contribution is 7.80. The van der Waals surface area contributed by atoms with Crippen LogP contribution in [0.2, 0.25) is 0 Å². The molecule has 0 aromatic heterocycles. The van der Waals surface area contributed by atoms with Gasteiger partial charge in [-0.15, -0.1) is 0 Å². The van der Waals surface area contributed by atoms with Crippen LogP contribution in [0.15, 0.2) is 53.6 Å². The van der Waals surface area contributed by atoms with Gasteiger partial charge < -0.3 is 10.1 Å². The number of methoxy groups -OCH3 is 1. The Kier molecular flexibility index (Phi) is 5.43. The van der Waals surface area contributed by atoms with Gasteiger partial charge in [0.05, 0.1) is 18.5 Å². The van der Waals surface area contributed by atoms with E-state index in [1.807, 2.05) is 31.2 Å². The summed E-state index contributed by atoms with van der Waals surface area (Å²) in [5.74, 6) is 0.406. The highest BCUT2D eigenvalue weighted by Gasteiger charge is 2.03. The molecule has 22 heavy (non-hydrogen) atoms. The molecule has 0 aliphatic rings. The van der Waals surface area contributed by atoms with E-state index in [9.17, 15) is 4.39 Å². The molecule has 2 aromatic carbocycles. The number of para-hydroxylation sites is 1. The van der Waals surface area contributed by atoms with Crippen LogP contribution in [-0.4, -0.2) is 17.9 Å². The van der Waals surface area contributed by atoms with Gasteiger partial charge in [0.25, 0.3) is 0 Å². The average molecular weight is 317 g/mol. The van der Waals surface area contributed by atoms with Crippen LogP contribution in [-0.2, 0) is 0 Å². The van der Waals surface area contributed by atoms with E-state index >= 15 is 0 Å². The monoisotopic (exact) mass is 317 g/mol. The standard InChI is InChI=1S/C16H16FN3OS/c1-11(12-7-9-13(21-2)10-8-12)19-20-16(22)18-15-6-4-3-5-14(15)17/h3-10H,1-2H3,(H2,18,20,22)/b19-11+. The first-order chi connectivity index (χ1) is 10.6. The van der Waals surface area contributed by atoms with E-state index in [1.54, 1.807) is 25.3 Å². The molecule has 0 aliphatic carbocycles. The minimum absolute atomic E-state index is 0.220. The number of anilines is 1. The third-order valence-corrected chi connectivity index (χ3v) is 3.15. The van der Waals surface area contributed by atoms with Crippen molar-refractivity contribution in [2.24, 2.45) is 5.10 Å². The van der Waals surface area contributed by atoms with E-state index < -0.39 is 0 Å². The van der Waals surface area contributed by atoms with Gasteiger partial charge in [0.15, 0.2) is 5.11 Å². The number of hydrazone groups is 1. The summed E-state index contributed by atoms with van der Waals surface area (Å²) < 4.78 is 18.6. The second-order valence-electron chi connectivity index (χ2n) is 4.47. The fourth-order valence-electron chi connectivity index (χ4n) is 1.74. The molecule has 0 saturated carbocycles. The van der Waals surface area contributed by atoms with Gasteiger partial charge in [-0.1, -0.05) is 12.1 Å². The fourth-order valence-corrected chi connectivity index (χ4v) is 1.90. The quantitative estimate of drug-likeness (QED) is 0.514. The fraction of sp³-hybridized carbons (Fsp3) is 0.125. The maximum absolute atomic E-state index is 13.5. The molecule has 0 saturated heterocycles. The van der Waals surface area contributed by atoms with Crippen LogP contribution in [0.25, 0.3) is 0 Å². The molecule has 0 spiro atoms. The van der Waals surface area contributed by atoms with Gasteiger partial charge in [-0.25, -0.2) is 4.39 Å². The summed E-state index contributed by atoms with van der Waals surface area (Å²) >= 11 is 5.09. The van der Waals surface area contributed by atoms with Crippen molar-refractivity contribution in [3.8, 4) is 5.75 Å². The number of hydrogen-bond acceptors (Lipinski definition) is 3. The molecule has 0 atom stereocenters. The van der Waals surface area contributed by atoms with Gasteiger partial charge in [-0.2, -0.15) is 5.10 Å². The Morgan fingerprint density at radius 3 is 2.45 bits per heavy atom. The second kappa shape index (κ2) is 7.51. The van der Waals surface area contributed by atoms with Crippen molar-refractivity contribution in [2.75, 3.05) is 12.4 Å². The first-order valence-electron chi connectivity index (χ1n) is 6.60. The smallest absolute Gasteiger partial charge is 0.191 e. The average Bonchev–Trinajstić information content (AvgIpc) is 2.55. The van der Waals surface area contributed by atoms with Crippen molar-refractivity contribution < 1.29 is 9.13 Å². The van der Waals surface area contributed by atoms with Crippen LogP contribution in [0, 0.1) is 5.82 Å². The highest BCUT2D eigenvalue weighted by atomic mass is 32.1. The Hall–Kier alpha value is -2.47. The number of rotatable bonds is 4. The Balaban J connectivity index is 1.97. The minimum Gasteiger partial charge on any atom is -0.497 e. The third-order valence-electron chi connectivity index (χ3n) is 2.96. The summed E-state index contributed by atoms with van der Waals surface area (Å²) in [6.45, 7) is 1.85. The number of hydrogen-bond donors (Lipinski definition) is 2. The van der Waals surface area contributed by atoms with Crippen molar-refractivity contribution in [1.29, 1.82) is 0 Å². The highest BCUT2D eigenvalue weighted by Crippen LogP contribution is 2.13. The van der Waals surface area contributed by atoms with Crippen LogP contribution < -0.4 is 15.5 Å². The summed E-state index contributed by atoms with van der Waals surface area (Å²) in [5, 5.41) is 7.15. The second-order valence-corrected chi connectivity index (χ2v) is 4.88. The van der Waals surface area contributed by atoms with Crippen molar-refractivity contribution in [3.05, 3.63) is 59.9 Å². The molecule has 0 aliphatic heterocycles. The zero-order valence-corrected chi connectivity index (χ0v) is 13.1. The number of thiocarbonyl (C=S) groups is 1. The van der Waals surface area contributed by atoms with Gasteiger partial charge in [-0.05, 0) is 61.1 Å². The molecule has 0 amide bonds. The Labute approximate surface area is 134 Å². The Bertz CT molecular complexity index is 686. The van der Waals surface area contributed by atoms with Crippen molar-refractivity contribution in [3.63, 3.8) is 0 Å². The molecular weight excluding hydrogens is 301 g/mol. The van der Waals surface area contributed by atoms with E-state index in [0.717, 1.165) is 17.0 Å². The zero-order valence-electron chi connectivity index (χ0n) is 12.3. The maximum atomic E-state index is 13.5. The van der Waals surface area contributed by atoms with Gasteiger partial charge >= 0.3 is 0 Å².